The second-order valence-corrected chi connectivity index (χ2v) is 10.0. The molecule has 6 aromatic carbocycles. The first-order valence-corrected chi connectivity index (χ1v) is 13.8. The van der Waals surface area contributed by atoms with Crippen molar-refractivity contribution in [1.29, 1.82) is 0 Å². The van der Waals surface area contributed by atoms with Crippen molar-refractivity contribution in [3.8, 4) is 0 Å². The molecular weight excluding hydrogens is 462 g/mol. The summed E-state index contributed by atoms with van der Waals surface area (Å²) in [7, 11) is 0. The van der Waals surface area contributed by atoms with E-state index in [2.05, 4.69) is 125 Å². The maximum atomic E-state index is 3.66. The van der Waals surface area contributed by atoms with Crippen LogP contribution in [0.5, 0.6) is 0 Å². The van der Waals surface area contributed by atoms with Gasteiger partial charge in [-0.1, -0.05) is 97.1 Å². The van der Waals surface area contributed by atoms with Crippen LogP contribution >= 0.6 is 0 Å². The summed E-state index contributed by atoms with van der Waals surface area (Å²) in [4.78, 5) is 0. The van der Waals surface area contributed by atoms with Gasteiger partial charge in [0.15, 0.2) is 0 Å². The van der Waals surface area contributed by atoms with Crippen molar-refractivity contribution in [3.05, 3.63) is 120 Å². The van der Waals surface area contributed by atoms with E-state index in [1.165, 1.54) is 54.2 Å². The van der Waals surface area contributed by atoms with E-state index in [0.717, 1.165) is 45.7 Å². The molecule has 0 fully saturated rings. The summed E-state index contributed by atoms with van der Waals surface area (Å²) in [6.07, 6.45) is 1.03. The lowest BCUT2D eigenvalue weighted by Gasteiger charge is -2.13. The first-order chi connectivity index (χ1) is 18.9. The van der Waals surface area contributed by atoms with Gasteiger partial charge in [-0.15, -0.1) is 0 Å². The third-order valence-corrected chi connectivity index (χ3v) is 7.58. The van der Waals surface area contributed by atoms with Crippen molar-refractivity contribution in [3.63, 3.8) is 0 Å². The highest BCUT2D eigenvalue weighted by atomic mass is 15.0. The van der Waals surface area contributed by atoms with E-state index in [-0.39, 0.29) is 0 Å². The smallest absolute Gasteiger partial charge is 0.0218 e. The van der Waals surface area contributed by atoms with Gasteiger partial charge in [0.25, 0.3) is 0 Å². The molecule has 190 valence electrons. The fraction of sp³-hybridized carbons (Fsp3) is 0.200. The predicted molar refractivity (Wildman–Crippen MR) is 164 cm³/mol. The van der Waals surface area contributed by atoms with E-state index in [1.54, 1.807) is 0 Å². The van der Waals surface area contributed by atoms with Crippen LogP contribution < -0.4 is 16.0 Å². The van der Waals surface area contributed by atoms with Crippen molar-refractivity contribution < 1.29 is 0 Å². The number of hydrogen-bond donors (Lipinski definition) is 3. The maximum Gasteiger partial charge on any atom is 0.0218 e. The highest BCUT2D eigenvalue weighted by Crippen LogP contribution is 2.29. The normalized spacial score (nSPS) is 11.7. The summed E-state index contributed by atoms with van der Waals surface area (Å²) in [5.74, 6) is 0. The first-order valence-electron chi connectivity index (χ1n) is 13.8. The van der Waals surface area contributed by atoms with Crippen LogP contribution in [-0.4, -0.2) is 32.7 Å². The highest BCUT2D eigenvalue weighted by molar-refractivity contribution is 6.03. The van der Waals surface area contributed by atoms with Crippen LogP contribution in [0.15, 0.2) is 109 Å². The summed E-state index contributed by atoms with van der Waals surface area (Å²) < 4.78 is 0. The molecule has 38 heavy (non-hydrogen) atoms. The molecule has 0 amide bonds. The number of nitrogens with one attached hydrogen (secondary N) is 3. The molecule has 6 aromatic rings. The van der Waals surface area contributed by atoms with Crippen LogP contribution in [0.2, 0.25) is 0 Å². The Labute approximate surface area is 224 Å². The second kappa shape index (κ2) is 11.7. The summed E-state index contributed by atoms with van der Waals surface area (Å²) in [5.41, 5.74) is 2.84. The number of benzene rings is 6. The molecule has 0 saturated carbocycles. The Kier molecular flexibility index (Phi) is 7.59. The van der Waals surface area contributed by atoms with Crippen molar-refractivity contribution in [2.45, 2.75) is 13.0 Å². The van der Waals surface area contributed by atoms with Gasteiger partial charge in [-0.2, -0.15) is 0 Å². The highest BCUT2D eigenvalue weighted by Gasteiger charge is 2.08. The summed E-state index contributed by atoms with van der Waals surface area (Å²) in [6, 6.07) is 39.5. The zero-order valence-electron chi connectivity index (χ0n) is 21.8. The van der Waals surface area contributed by atoms with Gasteiger partial charge in [-0.05, 0) is 79.3 Å². The van der Waals surface area contributed by atoms with Crippen molar-refractivity contribution >= 4 is 43.1 Å². The Hall–Kier alpha value is -3.76. The first kappa shape index (κ1) is 24.6. The fourth-order valence-corrected chi connectivity index (χ4v) is 5.71. The van der Waals surface area contributed by atoms with Crippen LogP contribution in [0.25, 0.3) is 43.1 Å². The largest absolute Gasteiger partial charge is 0.315 e. The SMILES string of the molecule is c1ccc2c(CCNCCNCCNCc3c4ccccc4cc4ccccc34)c3ccccc3cc2c1. The topological polar surface area (TPSA) is 36.1 Å². The molecule has 0 saturated heterocycles. The van der Waals surface area contributed by atoms with Gasteiger partial charge in [0, 0.05) is 32.7 Å². The van der Waals surface area contributed by atoms with Gasteiger partial charge in [0.2, 0.25) is 0 Å². The molecule has 3 nitrogen and oxygen atoms in total. The van der Waals surface area contributed by atoms with Gasteiger partial charge >= 0.3 is 0 Å². The zero-order valence-corrected chi connectivity index (χ0v) is 21.8. The molecule has 0 aliphatic carbocycles. The van der Waals surface area contributed by atoms with Gasteiger partial charge in [-0.3, -0.25) is 0 Å². The number of fused-ring (bicyclic) bond motifs is 4. The van der Waals surface area contributed by atoms with Crippen LogP contribution in [0.3, 0.4) is 0 Å². The lowest BCUT2D eigenvalue weighted by molar-refractivity contribution is 0.583. The van der Waals surface area contributed by atoms with Crippen molar-refractivity contribution in [2.24, 2.45) is 0 Å². The average Bonchev–Trinajstić information content (AvgIpc) is 2.97. The van der Waals surface area contributed by atoms with Gasteiger partial charge in [-0.25, -0.2) is 0 Å². The van der Waals surface area contributed by atoms with Crippen LogP contribution in [0.4, 0.5) is 0 Å². The molecule has 0 aromatic heterocycles. The van der Waals surface area contributed by atoms with Crippen molar-refractivity contribution in [1.82, 2.24) is 16.0 Å². The minimum atomic E-state index is 0.876. The average molecular weight is 498 g/mol. The monoisotopic (exact) mass is 497 g/mol. The molecule has 3 heteroatoms. The number of hydrogen-bond acceptors (Lipinski definition) is 3. The standard InChI is InChI=1S/C35H35N3/c1-5-13-30-26(9-1)23-27-10-2-6-14-31(27)34(30)17-18-36-19-20-37-21-22-38-25-35-32-15-7-3-11-28(32)24-29-12-4-8-16-33(29)35/h1-16,23-24,36-38H,17-22,25H2. The molecule has 0 unspecified atom stereocenters. The van der Waals surface area contributed by atoms with E-state index in [4.69, 9.17) is 0 Å². The minimum absolute atomic E-state index is 0.876. The summed E-state index contributed by atoms with van der Waals surface area (Å²) in [6.45, 7) is 5.69. The third kappa shape index (κ3) is 5.27. The van der Waals surface area contributed by atoms with E-state index in [1.807, 2.05) is 0 Å². The molecule has 0 bridgehead atoms. The molecule has 0 heterocycles. The molecule has 0 radical (unpaired) electrons. The van der Waals surface area contributed by atoms with Gasteiger partial charge in [0.1, 0.15) is 0 Å². The maximum absolute atomic E-state index is 3.66. The van der Waals surface area contributed by atoms with Crippen LogP contribution in [0, 0.1) is 0 Å². The van der Waals surface area contributed by atoms with E-state index >= 15 is 0 Å². The Balaban J connectivity index is 0.964. The van der Waals surface area contributed by atoms with Gasteiger partial charge < -0.3 is 16.0 Å². The van der Waals surface area contributed by atoms with Crippen molar-refractivity contribution in [2.75, 3.05) is 32.7 Å². The van der Waals surface area contributed by atoms with E-state index in [0.29, 0.717) is 0 Å². The molecule has 0 spiro atoms. The Morgan fingerprint density at radius 1 is 0.368 bits per heavy atom. The zero-order chi connectivity index (χ0) is 25.6. The predicted octanol–water partition coefficient (Wildman–Crippen LogP) is 6.81. The lowest BCUT2D eigenvalue weighted by Crippen LogP contribution is -2.33. The van der Waals surface area contributed by atoms with Crippen LogP contribution in [-0.2, 0) is 13.0 Å². The molecule has 3 N–H and O–H groups in total. The molecule has 6 rings (SSSR count). The Morgan fingerprint density at radius 3 is 1.21 bits per heavy atom. The van der Waals surface area contributed by atoms with E-state index in [9.17, 15) is 0 Å². The molecule has 0 aliphatic heterocycles. The molecule has 0 atom stereocenters. The molecule has 0 aliphatic rings. The Bertz CT molecular complexity index is 1450. The second-order valence-electron chi connectivity index (χ2n) is 10.0. The van der Waals surface area contributed by atoms with Gasteiger partial charge in [0.05, 0.1) is 0 Å². The summed E-state index contributed by atoms with van der Waals surface area (Å²) >= 11 is 0. The lowest BCUT2D eigenvalue weighted by atomic mass is 9.95. The summed E-state index contributed by atoms with van der Waals surface area (Å²) in [5, 5.41) is 21.6. The van der Waals surface area contributed by atoms with Crippen LogP contribution in [0.1, 0.15) is 11.1 Å². The Morgan fingerprint density at radius 2 is 0.737 bits per heavy atom. The van der Waals surface area contributed by atoms with E-state index < -0.39 is 0 Å². The minimum Gasteiger partial charge on any atom is -0.315 e. The number of rotatable bonds is 11. The third-order valence-electron chi connectivity index (χ3n) is 7.58. The molecular formula is C35H35N3. The quantitative estimate of drug-likeness (QED) is 0.136. The fourth-order valence-electron chi connectivity index (χ4n) is 5.71.